The summed E-state index contributed by atoms with van der Waals surface area (Å²) in [6.07, 6.45) is 2.21. The average molecular weight is 497 g/mol. The maximum atomic E-state index is 13.7. The lowest BCUT2D eigenvalue weighted by Crippen LogP contribution is -2.31. The number of nitrogens with zero attached hydrogens (tertiary/aromatic N) is 3. The van der Waals surface area contributed by atoms with Crippen LogP contribution in [0.5, 0.6) is 5.75 Å². The van der Waals surface area contributed by atoms with Crippen molar-refractivity contribution in [2.75, 3.05) is 17.3 Å². The van der Waals surface area contributed by atoms with Gasteiger partial charge in [0.2, 0.25) is 5.95 Å². The molecule has 2 aromatic heterocycles. The second kappa shape index (κ2) is 10.6. The first kappa shape index (κ1) is 23.7. The molecule has 0 spiro atoms. The summed E-state index contributed by atoms with van der Waals surface area (Å²) < 4.78 is 18.7. The third-order valence-electron chi connectivity index (χ3n) is 5.13. The standard InChI is InChI=1S/C25H22ClFN4O2S/c1-3-17-6-4-7-19(26)23(17)31(15-16-10-12-18(33-2)13-11-16)24(32)20-14-28-25(34-20)30-22-9-5-8-21(27)29-22/h4-14H,3,15H2,1-2H3,(H,28,29,30). The average Bonchev–Trinajstić information content (AvgIpc) is 3.31. The highest BCUT2D eigenvalue weighted by atomic mass is 35.5. The van der Waals surface area contributed by atoms with E-state index in [1.807, 2.05) is 43.3 Å². The van der Waals surface area contributed by atoms with Crippen molar-refractivity contribution >= 4 is 45.5 Å². The van der Waals surface area contributed by atoms with E-state index in [1.165, 1.54) is 12.3 Å². The highest BCUT2D eigenvalue weighted by molar-refractivity contribution is 7.17. The summed E-state index contributed by atoms with van der Waals surface area (Å²) in [5.74, 6) is 0.200. The number of amides is 1. The van der Waals surface area contributed by atoms with E-state index in [9.17, 15) is 9.18 Å². The zero-order chi connectivity index (χ0) is 24.1. The highest BCUT2D eigenvalue weighted by Gasteiger charge is 2.25. The molecule has 9 heteroatoms. The first-order valence-corrected chi connectivity index (χ1v) is 11.8. The molecule has 0 aliphatic carbocycles. The molecule has 0 bridgehead atoms. The molecule has 0 radical (unpaired) electrons. The predicted octanol–water partition coefficient (Wildman–Crippen LogP) is 6.49. The first-order chi connectivity index (χ1) is 16.5. The van der Waals surface area contributed by atoms with Gasteiger partial charge in [-0.25, -0.2) is 9.97 Å². The number of thiazole rings is 1. The molecule has 4 aromatic rings. The summed E-state index contributed by atoms with van der Waals surface area (Å²) in [5.41, 5.74) is 2.55. The van der Waals surface area contributed by atoms with Gasteiger partial charge < -0.3 is 15.0 Å². The minimum atomic E-state index is -0.602. The van der Waals surface area contributed by atoms with Crippen molar-refractivity contribution in [3.05, 3.63) is 93.8 Å². The summed E-state index contributed by atoms with van der Waals surface area (Å²) >= 11 is 7.76. The Morgan fingerprint density at radius 1 is 1.15 bits per heavy atom. The minimum absolute atomic E-state index is 0.239. The summed E-state index contributed by atoms with van der Waals surface area (Å²) in [7, 11) is 1.61. The molecule has 34 heavy (non-hydrogen) atoms. The van der Waals surface area contributed by atoms with Crippen LogP contribution >= 0.6 is 22.9 Å². The predicted molar refractivity (Wildman–Crippen MR) is 134 cm³/mol. The number of carbonyl (C=O) groups excluding carboxylic acids is 1. The number of carbonyl (C=O) groups is 1. The number of para-hydroxylation sites is 1. The zero-order valence-corrected chi connectivity index (χ0v) is 20.2. The van der Waals surface area contributed by atoms with Gasteiger partial charge in [-0.2, -0.15) is 4.39 Å². The van der Waals surface area contributed by atoms with E-state index in [0.717, 1.165) is 28.2 Å². The molecule has 4 rings (SSSR count). The molecule has 2 aromatic carbocycles. The van der Waals surface area contributed by atoms with Crippen molar-refractivity contribution in [1.29, 1.82) is 0 Å². The van der Waals surface area contributed by atoms with Crippen LogP contribution in [0.25, 0.3) is 0 Å². The number of halogens is 2. The Hall–Kier alpha value is -3.49. The lowest BCUT2D eigenvalue weighted by molar-refractivity contribution is 0.0988. The smallest absolute Gasteiger partial charge is 0.270 e. The van der Waals surface area contributed by atoms with Crippen molar-refractivity contribution < 1.29 is 13.9 Å². The maximum absolute atomic E-state index is 13.7. The van der Waals surface area contributed by atoms with E-state index in [1.54, 1.807) is 30.2 Å². The van der Waals surface area contributed by atoms with Gasteiger partial charge in [0.1, 0.15) is 16.4 Å². The van der Waals surface area contributed by atoms with E-state index in [-0.39, 0.29) is 5.91 Å². The molecule has 0 atom stereocenters. The topological polar surface area (TPSA) is 67.3 Å². The van der Waals surface area contributed by atoms with Crippen LogP contribution in [-0.4, -0.2) is 23.0 Å². The van der Waals surface area contributed by atoms with Crippen LogP contribution in [0.2, 0.25) is 5.02 Å². The second-order valence-corrected chi connectivity index (χ2v) is 8.78. The van der Waals surface area contributed by atoms with Gasteiger partial charge in [0, 0.05) is 0 Å². The van der Waals surface area contributed by atoms with Crippen LogP contribution < -0.4 is 15.0 Å². The number of anilines is 3. The van der Waals surface area contributed by atoms with Crippen molar-refractivity contribution in [1.82, 2.24) is 9.97 Å². The SMILES string of the molecule is CCc1cccc(Cl)c1N(Cc1ccc(OC)cc1)C(=O)c1cnc(Nc2cccc(F)n2)s1. The normalized spacial score (nSPS) is 10.7. The number of aromatic nitrogens is 2. The summed E-state index contributed by atoms with van der Waals surface area (Å²) in [6.45, 7) is 2.33. The Balaban J connectivity index is 1.67. The maximum Gasteiger partial charge on any atom is 0.270 e. The van der Waals surface area contributed by atoms with Crippen LogP contribution in [0.4, 0.5) is 21.0 Å². The largest absolute Gasteiger partial charge is 0.497 e. The van der Waals surface area contributed by atoms with E-state index in [4.69, 9.17) is 16.3 Å². The van der Waals surface area contributed by atoms with Gasteiger partial charge in [0.05, 0.1) is 30.6 Å². The molecule has 174 valence electrons. The molecule has 1 N–H and O–H groups in total. The summed E-state index contributed by atoms with van der Waals surface area (Å²) in [4.78, 5) is 23.9. The molecule has 0 aliphatic heterocycles. The van der Waals surface area contributed by atoms with Gasteiger partial charge in [-0.15, -0.1) is 0 Å². The number of aryl methyl sites for hydroxylation is 1. The third-order valence-corrected chi connectivity index (χ3v) is 6.34. The number of methoxy groups -OCH3 is 1. The van der Waals surface area contributed by atoms with Crippen molar-refractivity contribution in [2.24, 2.45) is 0 Å². The fraction of sp³-hybridized carbons (Fsp3) is 0.160. The number of benzene rings is 2. The molecule has 0 unspecified atom stereocenters. The molecule has 6 nitrogen and oxygen atoms in total. The Morgan fingerprint density at radius 2 is 1.91 bits per heavy atom. The molecular weight excluding hydrogens is 475 g/mol. The quantitative estimate of drug-likeness (QED) is 0.282. The monoisotopic (exact) mass is 496 g/mol. The number of hydrogen-bond acceptors (Lipinski definition) is 6. The highest BCUT2D eigenvalue weighted by Crippen LogP contribution is 2.34. The lowest BCUT2D eigenvalue weighted by Gasteiger charge is -2.26. The molecular formula is C25H22ClFN4O2S. The Kier molecular flexibility index (Phi) is 7.40. The molecule has 0 aliphatic rings. The minimum Gasteiger partial charge on any atom is -0.497 e. The third kappa shape index (κ3) is 5.35. The molecule has 0 saturated heterocycles. The molecule has 1 amide bonds. The van der Waals surface area contributed by atoms with Crippen LogP contribution in [0.1, 0.15) is 27.7 Å². The van der Waals surface area contributed by atoms with E-state index < -0.39 is 5.95 Å². The van der Waals surface area contributed by atoms with Crippen molar-refractivity contribution in [3.8, 4) is 5.75 Å². The van der Waals surface area contributed by atoms with Crippen LogP contribution in [0.15, 0.2) is 66.9 Å². The van der Waals surface area contributed by atoms with E-state index >= 15 is 0 Å². The van der Waals surface area contributed by atoms with Crippen molar-refractivity contribution in [2.45, 2.75) is 19.9 Å². The lowest BCUT2D eigenvalue weighted by atomic mass is 10.1. The Bertz CT molecular complexity index is 1300. The van der Waals surface area contributed by atoms with Crippen LogP contribution in [-0.2, 0) is 13.0 Å². The van der Waals surface area contributed by atoms with Gasteiger partial charge in [0.15, 0.2) is 5.13 Å². The second-order valence-electron chi connectivity index (χ2n) is 7.34. The first-order valence-electron chi connectivity index (χ1n) is 10.6. The summed E-state index contributed by atoms with van der Waals surface area (Å²) in [6, 6.07) is 17.6. The van der Waals surface area contributed by atoms with E-state index in [2.05, 4.69) is 15.3 Å². The number of hydrogen-bond donors (Lipinski definition) is 1. The zero-order valence-electron chi connectivity index (χ0n) is 18.6. The fourth-order valence-electron chi connectivity index (χ4n) is 3.46. The fourth-order valence-corrected chi connectivity index (χ4v) is 4.53. The van der Waals surface area contributed by atoms with Crippen molar-refractivity contribution in [3.63, 3.8) is 0 Å². The number of pyridine rings is 1. The molecule has 0 saturated carbocycles. The molecule has 2 heterocycles. The molecule has 0 fully saturated rings. The van der Waals surface area contributed by atoms with Crippen LogP contribution in [0, 0.1) is 5.95 Å². The van der Waals surface area contributed by atoms with Gasteiger partial charge >= 0.3 is 0 Å². The van der Waals surface area contributed by atoms with E-state index in [0.29, 0.717) is 39.5 Å². The number of rotatable bonds is 8. The number of nitrogens with one attached hydrogen (secondary N) is 1. The van der Waals surface area contributed by atoms with Gasteiger partial charge in [-0.3, -0.25) is 4.79 Å². The Labute approximate surface area is 206 Å². The van der Waals surface area contributed by atoms with Gasteiger partial charge in [-0.1, -0.05) is 60.2 Å². The Morgan fingerprint density at radius 3 is 2.62 bits per heavy atom. The number of ether oxygens (including phenoxy) is 1. The van der Waals surface area contributed by atoms with Crippen LogP contribution in [0.3, 0.4) is 0 Å². The summed E-state index contributed by atoms with van der Waals surface area (Å²) in [5, 5.41) is 3.87. The van der Waals surface area contributed by atoms with Gasteiger partial charge in [-0.05, 0) is 47.9 Å². The van der Waals surface area contributed by atoms with Gasteiger partial charge in [0.25, 0.3) is 5.91 Å².